The van der Waals surface area contributed by atoms with Gasteiger partial charge in [0, 0.05) is 11.6 Å². The minimum absolute atomic E-state index is 0.635. The summed E-state index contributed by atoms with van der Waals surface area (Å²) in [5, 5.41) is 1.09. The molecule has 2 aromatic carbocycles. The number of rotatable bonds is 8. The highest BCUT2D eigenvalue weighted by atomic mass is 16.5. The Balaban J connectivity index is 1.45. The van der Waals surface area contributed by atoms with Crippen LogP contribution in [0.15, 0.2) is 54.7 Å². The molecule has 0 fully saturated rings. The molecular weight excluding hydrogens is 314 g/mol. The fourth-order valence-corrected chi connectivity index (χ4v) is 2.66. The van der Waals surface area contributed by atoms with Gasteiger partial charge in [-0.3, -0.25) is 4.98 Å². The van der Waals surface area contributed by atoms with Crippen LogP contribution < -0.4 is 14.2 Å². The minimum atomic E-state index is 0.635. The van der Waals surface area contributed by atoms with Crippen LogP contribution in [0, 0.1) is 6.92 Å². The predicted octanol–water partition coefficient (Wildman–Crippen LogP) is 4.79. The molecular formula is C21H23NO3. The van der Waals surface area contributed by atoms with Crippen molar-refractivity contribution < 1.29 is 14.2 Å². The molecule has 0 amide bonds. The molecule has 1 heterocycles. The van der Waals surface area contributed by atoms with Gasteiger partial charge in [-0.05, 0) is 49.6 Å². The fourth-order valence-electron chi connectivity index (χ4n) is 2.66. The summed E-state index contributed by atoms with van der Waals surface area (Å²) in [4.78, 5) is 4.40. The van der Waals surface area contributed by atoms with Crippen molar-refractivity contribution in [2.45, 2.75) is 19.8 Å². The Morgan fingerprint density at radius 1 is 0.840 bits per heavy atom. The molecule has 0 aliphatic heterocycles. The first-order valence-electron chi connectivity index (χ1n) is 8.52. The van der Waals surface area contributed by atoms with Crippen LogP contribution in [-0.4, -0.2) is 25.3 Å². The fraction of sp³-hybridized carbons (Fsp3) is 0.286. The maximum Gasteiger partial charge on any atom is 0.161 e. The van der Waals surface area contributed by atoms with Crippen LogP contribution in [0.25, 0.3) is 10.9 Å². The molecule has 0 saturated carbocycles. The molecule has 3 aromatic rings. The Hall–Kier alpha value is -2.75. The van der Waals surface area contributed by atoms with Crippen molar-refractivity contribution in [2.75, 3.05) is 20.3 Å². The van der Waals surface area contributed by atoms with E-state index in [1.807, 2.05) is 55.5 Å². The third-order valence-electron chi connectivity index (χ3n) is 3.97. The number of hydrogen-bond donors (Lipinski definition) is 0. The molecule has 25 heavy (non-hydrogen) atoms. The Morgan fingerprint density at radius 2 is 1.60 bits per heavy atom. The zero-order valence-electron chi connectivity index (χ0n) is 14.7. The second-order valence-electron chi connectivity index (χ2n) is 5.89. The van der Waals surface area contributed by atoms with Gasteiger partial charge in [0.05, 0.1) is 20.3 Å². The number of ether oxygens (including phenoxy) is 3. The van der Waals surface area contributed by atoms with E-state index in [0.717, 1.165) is 46.6 Å². The Bertz CT molecular complexity index is 827. The molecule has 0 aliphatic carbocycles. The molecule has 130 valence electrons. The highest BCUT2D eigenvalue weighted by molar-refractivity contribution is 5.84. The van der Waals surface area contributed by atoms with Crippen LogP contribution in [0.1, 0.15) is 18.4 Å². The first-order valence-corrected chi connectivity index (χ1v) is 8.52. The van der Waals surface area contributed by atoms with Gasteiger partial charge in [0.1, 0.15) is 11.3 Å². The number of aromatic nitrogens is 1. The molecule has 0 N–H and O–H groups in total. The van der Waals surface area contributed by atoms with E-state index in [0.29, 0.717) is 13.2 Å². The summed E-state index contributed by atoms with van der Waals surface area (Å²) in [5.41, 5.74) is 2.06. The van der Waals surface area contributed by atoms with Crippen molar-refractivity contribution in [3.05, 3.63) is 60.3 Å². The normalized spacial score (nSPS) is 10.6. The van der Waals surface area contributed by atoms with Crippen LogP contribution in [0.2, 0.25) is 0 Å². The lowest BCUT2D eigenvalue weighted by Crippen LogP contribution is -2.04. The zero-order chi connectivity index (χ0) is 17.5. The first kappa shape index (κ1) is 17.1. The van der Waals surface area contributed by atoms with Crippen LogP contribution in [0.4, 0.5) is 0 Å². The van der Waals surface area contributed by atoms with Gasteiger partial charge in [-0.25, -0.2) is 0 Å². The number of pyridine rings is 1. The van der Waals surface area contributed by atoms with Crippen molar-refractivity contribution in [1.82, 2.24) is 4.98 Å². The number of methoxy groups -OCH3 is 1. The van der Waals surface area contributed by atoms with Crippen molar-refractivity contribution in [2.24, 2.45) is 0 Å². The first-order chi connectivity index (χ1) is 12.3. The van der Waals surface area contributed by atoms with E-state index in [9.17, 15) is 0 Å². The molecule has 0 saturated heterocycles. The lowest BCUT2D eigenvalue weighted by Gasteiger charge is -2.12. The van der Waals surface area contributed by atoms with Gasteiger partial charge in [0.15, 0.2) is 11.5 Å². The summed E-state index contributed by atoms with van der Waals surface area (Å²) in [6, 6.07) is 15.9. The second kappa shape index (κ2) is 8.38. The Kier molecular flexibility index (Phi) is 5.73. The minimum Gasteiger partial charge on any atom is -0.493 e. The highest BCUT2D eigenvalue weighted by Gasteiger charge is 2.05. The molecule has 0 aliphatic rings. The van der Waals surface area contributed by atoms with E-state index in [1.54, 1.807) is 13.3 Å². The summed E-state index contributed by atoms with van der Waals surface area (Å²) in [5.74, 6) is 2.39. The number of hydrogen-bond acceptors (Lipinski definition) is 4. The highest BCUT2D eigenvalue weighted by Crippen LogP contribution is 2.28. The van der Waals surface area contributed by atoms with Gasteiger partial charge >= 0.3 is 0 Å². The topological polar surface area (TPSA) is 40.6 Å². The third-order valence-corrected chi connectivity index (χ3v) is 3.97. The Morgan fingerprint density at radius 3 is 2.40 bits per heavy atom. The Labute approximate surface area is 148 Å². The largest absolute Gasteiger partial charge is 0.493 e. The number of benzene rings is 2. The predicted molar refractivity (Wildman–Crippen MR) is 99.7 cm³/mol. The molecule has 3 rings (SSSR count). The number of nitrogens with zero attached hydrogens (tertiary/aromatic N) is 1. The molecule has 0 spiro atoms. The van der Waals surface area contributed by atoms with Crippen LogP contribution >= 0.6 is 0 Å². The van der Waals surface area contributed by atoms with Crippen LogP contribution in [0.5, 0.6) is 17.2 Å². The molecule has 4 nitrogen and oxygen atoms in total. The molecule has 0 atom stereocenters. The van der Waals surface area contributed by atoms with E-state index < -0.39 is 0 Å². The van der Waals surface area contributed by atoms with Crippen molar-refractivity contribution in [1.29, 1.82) is 0 Å². The second-order valence-corrected chi connectivity index (χ2v) is 5.89. The summed E-state index contributed by atoms with van der Waals surface area (Å²) >= 11 is 0. The summed E-state index contributed by atoms with van der Waals surface area (Å²) in [6.45, 7) is 3.31. The van der Waals surface area contributed by atoms with Gasteiger partial charge in [-0.1, -0.05) is 24.3 Å². The van der Waals surface area contributed by atoms with E-state index in [1.165, 1.54) is 0 Å². The average molecular weight is 337 g/mol. The summed E-state index contributed by atoms with van der Waals surface area (Å²) < 4.78 is 17.0. The van der Waals surface area contributed by atoms with Crippen molar-refractivity contribution >= 4 is 10.9 Å². The smallest absolute Gasteiger partial charge is 0.161 e. The number of aryl methyl sites for hydroxylation is 1. The van der Waals surface area contributed by atoms with Crippen molar-refractivity contribution in [3.8, 4) is 17.2 Å². The molecule has 0 radical (unpaired) electrons. The lowest BCUT2D eigenvalue weighted by molar-refractivity contribution is 0.259. The lowest BCUT2D eigenvalue weighted by atomic mass is 10.2. The van der Waals surface area contributed by atoms with E-state index in [-0.39, 0.29) is 0 Å². The zero-order valence-corrected chi connectivity index (χ0v) is 14.7. The number of para-hydroxylation sites is 1. The molecule has 4 heteroatoms. The van der Waals surface area contributed by atoms with E-state index in [4.69, 9.17) is 14.2 Å². The van der Waals surface area contributed by atoms with Gasteiger partial charge in [0.25, 0.3) is 0 Å². The molecule has 0 bridgehead atoms. The monoisotopic (exact) mass is 337 g/mol. The quantitative estimate of drug-likeness (QED) is 0.554. The van der Waals surface area contributed by atoms with Crippen molar-refractivity contribution in [3.63, 3.8) is 0 Å². The van der Waals surface area contributed by atoms with Crippen LogP contribution in [-0.2, 0) is 0 Å². The average Bonchev–Trinajstić information content (AvgIpc) is 2.65. The van der Waals surface area contributed by atoms with Crippen LogP contribution in [0.3, 0.4) is 0 Å². The molecule has 0 unspecified atom stereocenters. The summed E-state index contributed by atoms with van der Waals surface area (Å²) in [7, 11) is 1.66. The van der Waals surface area contributed by atoms with E-state index in [2.05, 4.69) is 4.98 Å². The third kappa shape index (κ3) is 4.41. The SMILES string of the molecule is COc1cc(C)ccc1OCCCCOc1cccc2cccnc12. The van der Waals surface area contributed by atoms with Gasteiger partial charge < -0.3 is 14.2 Å². The molecule has 1 aromatic heterocycles. The summed E-state index contributed by atoms with van der Waals surface area (Å²) in [6.07, 6.45) is 3.62. The standard InChI is InChI=1S/C21H23NO3/c1-16-10-11-18(20(15-16)23-2)24-13-3-4-14-25-19-9-5-7-17-8-6-12-22-21(17)19/h5-12,15H,3-4,13-14H2,1-2H3. The van der Waals surface area contributed by atoms with Gasteiger partial charge in [0.2, 0.25) is 0 Å². The maximum absolute atomic E-state index is 5.89. The van der Waals surface area contributed by atoms with E-state index >= 15 is 0 Å². The maximum atomic E-state index is 5.89. The van der Waals surface area contributed by atoms with Gasteiger partial charge in [-0.2, -0.15) is 0 Å². The number of fused-ring (bicyclic) bond motifs is 1. The number of unbranched alkanes of at least 4 members (excludes halogenated alkanes) is 1. The van der Waals surface area contributed by atoms with Gasteiger partial charge in [-0.15, -0.1) is 0 Å².